The Hall–Kier alpha value is -0.900. The summed E-state index contributed by atoms with van der Waals surface area (Å²) in [6.07, 6.45) is 4.08. The van der Waals surface area contributed by atoms with Crippen LogP contribution in [-0.4, -0.2) is 48.6 Å². The summed E-state index contributed by atoms with van der Waals surface area (Å²) in [6, 6.07) is 11.3. The summed E-state index contributed by atoms with van der Waals surface area (Å²) in [5.74, 6) is 0. The molecule has 2 aliphatic heterocycles. The molecule has 2 heterocycles. The molecule has 2 fully saturated rings. The molecule has 2 N–H and O–H groups in total. The van der Waals surface area contributed by atoms with E-state index in [0.717, 1.165) is 12.6 Å². The maximum absolute atomic E-state index is 6.56. The zero-order valence-corrected chi connectivity index (χ0v) is 12.6. The SMILES string of the molecule is CC(N)(CN1CCC(N2CCCC2)C1)c1ccccc1. The van der Waals surface area contributed by atoms with Gasteiger partial charge in [-0.15, -0.1) is 0 Å². The second-order valence-electron chi connectivity index (χ2n) is 6.70. The van der Waals surface area contributed by atoms with Crippen LogP contribution in [0, 0.1) is 0 Å². The second kappa shape index (κ2) is 5.84. The van der Waals surface area contributed by atoms with Gasteiger partial charge in [-0.3, -0.25) is 9.80 Å². The van der Waals surface area contributed by atoms with Crippen molar-refractivity contribution in [3.05, 3.63) is 35.9 Å². The van der Waals surface area contributed by atoms with E-state index in [-0.39, 0.29) is 5.54 Å². The largest absolute Gasteiger partial charge is 0.321 e. The first kappa shape index (κ1) is 14.1. The third kappa shape index (κ3) is 3.05. The van der Waals surface area contributed by atoms with Crippen LogP contribution in [0.25, 0.3) is 0 Å². The van der Waals surface area contributed by atoms with E-state index in [2.05, 4.69) is 47.1 Å². The Morgan fingerprint density at radius 2 is 1.85 bits per heavy atom. The van der Waals surface area contributed by atoms with Crippen molar-refractivity contribution in [3.63, 3.8) is 0 Å². The summed E-state index contributed by atoms with van der Waals surface area (Å²) < 4.78 is 0. The fraction of sp³-hybridized carbons (Fsp3) is 0.647. The van der Waals surface area contributed by atoms with Gasteiger partial charge in [-0.05, 0) is 51.4 Å². The maximum atomic E-state index is 6.56. The molecule has 2 atom stereocenters. The van der Waals surface area contributed by atoms with Gasteiger partial charge in [0.15, 0.2) is 0 Å². The Kier molecular flexibility index (Phi) is 4.11. The molecule has 0 aliphatic carbocycles. The van der Waals surface area contributed by atoms with Crippen molar-refractivity contribution in [3.8, 4) is 0 Å². The Morgan fingerprint density at radius 1 is 1.15 bits per heavy atom. The molecule has 3 heteroatoms. The van der Waals surface area contributed by atoms with Gasteiger partial charge in [-0.25, -0.2) is 0 Å². The predicted octanol–water partition coefficient (Wildman–Crippen LogP) is 2.03. The average molecular weight is 273 g/mol. The Morgan fingerprint density at radius 3 is 2.55 bits per heavy atom. The highest BCUT2D eigenvalue weighted by molar-refractivity contribution is 5.23. The minimum absolute atomic E-state index is 0.249. The van der Waals surface area contributed by atoms with E-state index in [0.29, 0.717) is 0 Å². The number of hydrogen-bond acceptors (Lipinski definition) is 3. The van der Waals surface area contributed by atoms with Gasteiger partial charge in [0.05, 0.1) is 5.54 Å². The molecule has 2 unspecified atom stereocenters. The number of rotatable bonds is 4. The Balaban J connectivity index is 1.58. The second-order valence-corrected chi connectivity index (χ2v) is 6.70. The van der Waals surface area contributed by atoms with Crippen LogP contribution in [0.15, 0.2) is 30.3 Å². The van der Waals surface area contributed by atoms with Gasteiger partial charge in [0.1, 0.15) is 0 Å². The summed E-state index contributed by atoms with van der Waals surface area (Å²) in [6.45, 7) is 8.11. The van der Waals surface area contributed by atoms with Crippen LogP contribution in [0.1, 0.15) is 31.7 Å². The molecule has 2 saturated heterocycles. The van der Waals surface area contributed by atoms with Gasteiger partial charge in [0, 0.05) is 19.1 Å². The summed E-state index contributed by atoms with van der Waals surface area (Å²) in [7, 11) is 0. The summed E-state index contributed by atoms with van der Waals surface area (Å²) >= 11 is 0. The van der Waals surface area contributed by atoms with E-state index >= 15 is 0 Å². The van der Waals surface area contributed by atoms with Crippen molar-refractivity contribution in [2.24, 2.45) is 5.73 Å². The van der Waals surface area contributed by atoms with Crippen LogP contribution in [0.4, 0.5) is 0 Å². The van der Waals surface area contributed by atoms with Gasteiger partial charge in [0.2, 0.25) is 0 Å². The van der Waals surface area contributed by atoms with Gasteiger partial charge < -0.3 is 5.73 Å². The van der Waals surface area contributed by atoms with Crippen molar-refractivity contribution < 1.29 is 0 Å². The fourth-order valence-corrected chi connectivity index (χ4v) is 3.74. The van der Waals surface area contributed by atoms with Crippen molar-refractivity contribution >= 4 is 0 Å². The molecule has 3 nitrogen and oxygen atoms in total. The quantitative estimate of drug-likeness (QED) is 0.911. The van der Waals surface area contributed by atoms with E-state index in [1.54, 1.807) is 0 Å². The molecule has 0 saturated carbocycles. The van der Waals surface area contributed by atoms with Crippen LogP contribution in [0.3, 0.4) is 0 Å². The molecule has 0 aromatic heterocycles. The lowest BCUT2D eigenvalue weighted by atomic mass is 9.93. The lowest BCUT2D eigenvalue weighted by molar-refractivity contribution is 0.212. The minimum atomic E-state index is -0.249. The van der Waals surface area contributed by atoms with Crippen LogP contribution in [0.5, 0.6) is 0 Å². The predicted molar refractivity (Wildman–Crippen MR) is 83.6 cm³/mol. The molecule has 2 aliphatic rings. The van der Waals surface area contributed by atoms with Crippen LogP contribution >= 0.6 is 0 Å². The van der Waals surface area contributed by atoms with E-state index in [4.69, 9.17) is 5.73 Å². The first-order chi connectivity index (χ1) is 9.65. The Bertz CT molecular complexity index is 423. The molecule has 3 rings (SSSR count). The topological polar surface area (TPSA) is 32.5 Å². The number of nitrogens with two attached hydrogens (primary N) is 1. The van der Waals surface area contributed by atoms with Crippen LogP contribution in [-0.2, 0) is 5.54 Å². The van der Waals surface area contributed by atoms with Crippen molar-refractivity contribution in [1.29, 1.82) is 0 Å². The molecule has 0 amide bonds. The lowest BCUT2D eigenvalue weighted by Gasteiger charge is -2.31. The standard InChI is InChI=1S/C17H27N3/c1-17(18,15-7-3-2-4-8-15)14-19-12-9-16(13-19)20-10-5-6-11-20/h2-4,7-8,16H,5-6,9-14,18H2,1H3. The van der Waals surface area contributed by atoms with E-state index in [1.165, 1.54) is 51.0 Å². The van der Waals surface area contributed by atoms with Crippen LogP contribution < -0.4 is 5.73 Å². The summed E-state index contributed by atoms with van der Waals surface area (Å²) in [5, 5.41) is 0. The number of likely N-dealkylation sites (tertiary alicyclic amines) is 2. The van der Waals surface area contributed by atoms with Gasteiger partial charge in [-0.2, -0.15) is 0 Å². The highest BCUT2D eigenvalue weighted by atomic mass is 15.3. The minimum Gasteiger partial charge on any atom is -0.321 e. The third-order valence-corrected chi connectivity index (χ3v) is 4.89. The zero-order chi connectivity index (χ0) is 14.0. The van der Waals surface area contributed by atoms with Crippen molar-refractivity contribution in [2.45, 2.75) is 37.8 Å². The molecule has 20 heavy (non-hydrogen) atoms. The van der Waals surface area contributed by atoms with Crippen molar-refractivity contribution in [1.82, 2.24) is 9.80 Å². The van der Waals surface area contributed by atoms with Gasteiger partial charge in [0.25, 0.3) is 0 Å². The molecular weight excluding hydrogens is 246 g/mol. The highest BCUT2D eigenvalue weighted by Crippen LogP contribution is 2.24. The van der Waals surface area contributed by atoms with E-state index < -0.39 is 0 Å². The molecule has 0 spiro atoms. The van der Waals surface area contributed by atoms with Crippen LogP contribution in [0.2, 0.25) is 0 Å². The molecular formula is C17H27N3. The van der Waals surface area contributed by atoms with Gasteiger partial charge >= 0.3 is 0 Å². The third-order valence-electron chi connectivity index (χ3n) is 4.89. The maximum Gasteiger partial charge on any atom is 0.0509 e. The molecule has 0 bridgehead atoms. The molecule has 1 aromatic carbocycles. The molecule has 0 radical (unpaired) electrons. The van der Waals surface area contributed by atoms with Gasteiger partial charge in [-0.1, -0.05) is 30.3 Å². The normalized spacial score (nSPS) is 27.8. The summed E-state index contributed by atoms with van der Waals surface area (Å²) in [5.41, 5.74) is 7.55. The van der Waals surface area contributed by atoms with Crippen molar-refractivity contribution in [2.75, 3.05) is 32.7 Å². The van der Waals surface area contributed by atoms with E-state index in [1.807, 2.05) is 0 Å². The smallest absolute Gasteiger partial charge is 0.0509 e. The fourth-order valence-electron chi connectivity index (χ4n) is 3.74. The first-order valence-corrected chi connectivity index (χ1v) is 7.96. The highest BCUT2D eigenvalue weighted by Gasteiger charge is 2.32. The Labute approximate surface area is 122 Å². The summed E-state index contributed by atoms with van der Waals surface area (Å²) in [4.78, 5) is 5.23. The van der Waals surface area contributed by atoms with E-state index in [9.17, 15) is 0 Å². The number of nitrogens with zero attached hydrogens (tertiary/aromatic N) is 2. The zero-order valence-electron chi connectivity index (χ0n) is 12.6. The molecule has 110 valence electrons. The average Bonchev–Trinajstić information content (AvgIpc) is 3.10. The monoisotopic (exact) mass is 273 g/mol. The molecule has 1 aromatic rings. The number of benzene rings is 1. The number of hydrogen-bond donors (Lipinski definition) is 1. The lowest BCUT2D eigenvalue weighted by Crippen LogP contribution is -2.45. The first-order valence-electron chi connectivity index (χ1n) is 7.96.